The lowest BCUT2D eigenvalue weighted by Crippen LogP contribution is -2.55. The van der Waals surface area contributed by atoms with Crippen molar-refractivity contribution in [2.75, 3.05) is 33.2 Å². The number of aryl methyl sites for hydroxylation is 2. The number of hydrogen-bond donors (Lipinski definition) is 0. The molecule has 4 rings (SSSR count). The van der Waals surface area contributed by atoms with Gasteiger partial charge < -0.3 is 14.2 Å². The number of aromatic nitrogens is 1. The number of imide groups is 1. The van der Waals surface area contributed by atoms with Crippen LogP contribution >= 0.6 is 0 Å². The van der Waals surface area contributed by atoms with Gasteiger partial charge in [0.2, 0.25) is 0 Å². The summed E-state index contributed by atoms with van der Waals surface area (Å²) >= 11 is 0. The van der Waals surface area contributed by atoms with Gasteiger partial charge in [-0.3, -0.25) is 14.7 Å². The second kappa shape index (κ2) is 9.45. The quantitative estimate of drug-likeness (QED) is 0.586. The number of rotatable bonds is 8. The van der Waals surface area contributed by atoms with Crippen molar-refractivity contribution in [1.29, 1.82) is 0 Å². The highest BCUT2D eigenvalue weighted by atomic mass is 16.3. The van der Waals surface area contributed by atoms with Gasteiger partial charge in [-0.1, -0.05) is 6.92 Å². The van der Waals surface area contributed by atoms with Crippen LogP contribution in [0.25, 0.3) is 0 Å². The number of likely N-dealkylation sites (tertiary alicyclic amines) is 1. The molecule has 2 saturated heterocycles. The lowest BCUT2D eigenvalue weighted by atomic mass is 9.86. The van der Waals surface area contributed by atoms with Gasteiger partial charge in [-0.05, 0) is 75.4 Å². The molecule has 2 aromatic rings. The van der Waals surface area contributed by atoms with Crippen LogP contribution in [0.15, 0.2) is 41.1 Å². The van der Waals surface area contributed by atoms with Crippen LogP contribution < -0.4 is 0 Å². The molecule has 0 radical (unpaired) electrons. The molecule has 2 aliphatic rings. The number of pyridine rings is 1. The SMILES string of the molecule is Cc1ccc(C(C)CCN2CCC3(CC2)C(=O)N(CCCc2ccncc2)C(=O)N3C)o1. The lowest BCUT2D eigenvalue weighted by molar-refractivity contribution is -0.135. The van der Waals surface area contributed by atoms with Crippen molar-refractivity contribution in [3.63, 3.8) is 0 Å². The number of piperidine rings is 1. The minimum absolute atomic E-state index is 0.0150. The summed E-state index contributed by atoms with van der Waals surface area (Å²) in [5.41, 5.74) is 0.503. The molecule has 0 N–H and O–H groups in total. The number of hydrogen-bond acceptors (Lipinski definition) is 5. The van der Waals surface area contributed by atoms with Crippen molar-refractivity contribution in [3.8, 4) is 0 Å². The normalized spacial score (nSPS) is 19.8. The maximum Gasteiger partial charge on any atom is 0.327 e. The highest BCUT2D eigenvalue weighted by molar-refractivity contribution is 6.07. The Morgan fingerprint density at radius 1 is 1.09 bits per heavy atom. The predicted molar refractivity (Wildman–Crippen MR) is 122 cm³/mol. The maximum atomic E-state index is 13.3. The number of amides is 3. The molecule has 172 valence electrons. The second-order valence-corrected chi connectivity index (χ2v) is 9.27. The van der Waals surface area contributed by atoms with Crippen LogP contribution in [0, 0.1) is 6.92 Å². The average Bonchev–Trinajstić information content (AvgIpc) is 3.32. The van der Waals surface area contributed by atoms with Gasteiger partial charge in [0.1, 0.15) is 17.1 Å². The van der Waals surface area contributed by atoms with E-state index in [-0.39, 0.29) is 11.9 Å². The molecule has 2 fully saturated rings. The fraction of sp³-hybridized carbons (Fsp3) is 0.560. The highest BCUT2D eigenvalue weighted by Gasteiger charge is 2.56. The average molecular weight is 439 g/mol. The van der Waals surface area contributed by atoms with Crippen LogP contribution in [-0.2, 0) is 11.2 Å². The van der Waals surface area contributed by atoms with E-state index in [4.69, 9.17) is 4.42 Å². The largest absolute Gasteiger partial charge is 0.466 e. The minimum atomic E-state index is -0.673. The Kier molecular flexibility index (Phi) is 6.65. The minimum Gasteiger partial charge on any atom is -0.466 e. The Bertz CT molecular complexity index is 934. The summed E-state index contributed by atoms with van der Waals surface area (Å²) in [4.78, 5) is 35.8. The molecule has 3 amide bonds. The maximum absolute atomic E-state index is 13.3. The van der Waals surface area contributed by atoms with Crippen LogP contribution in [0.2, 0.25) is 0 Å². The molecule has 4 heterocycles. The van der Waals surface area contributed by atoms with E-state index in [1.54, 1.807) is 24.3 Å². The van der Waals surface area contributed by atoms with Gasteiger partial charge in [-0.2, -0.15) is 0 Å². The Balaban J connectivity index is 1.29. The zero-order chi connectivity index (χ0) is 22.7. The molecule has 0 saturated carbocycles. The van der Waals surface area contributed by atoms with E-state index in [0.29, 0.717) is 25.3 Å². The van der Waals surface area contributed by atoms with Crippen molar-refractivity contribution in [1.82, 2.24) is 19.7 Å². The molecular weight excluding hydrogens is 404 g/mol. The first kappa shape index (κ1) is 22.5. The number of likely N-dealkylation sites (N-methyl/N-ethyl adjacent to an activating group) is 1. The fourth-order valence-electron chi connectivity index (χ4n) is 4.97. The van der Waals surface area contributed by atoms with E-state index < -0.39 is 5.54 Å². The summed E-state index contributed by atoms with van der Waals surface area (Å²) in [5.74, 6) is 2.34. The monoisotopic (exact) mass is 438 g/mol. The second-order valence-electron chi connectivity index (χ2n) is 9.27. The van der Waals surface area contributed by atoms with E-state index in [0.717, 1.165) is 50.4 Å². The summed E-state index contributed by atoms with van der Waals surface area (Å²) < 4.78 is 5.76. The van der Waals surface area contributed by atoms with Crippen molar-refractivity contribution >= 4 is 11.9 Å². The summed E-state index contributed by atoms with van der Waals surface area (Å²) in [6.07, 6.45) is 7.55. The van der Waals surface area contributed by atoms with Crippen LogP contribution in [0.5, 0.6) is 0 Å². The van der Waals surface area contributed by atoms with Gasteiger partial charge in [-0.25, -0.2) is 4.79 Å². The zero-order valence-corrected chi connectivity index (χ0v) is 19.4. The smallest absolute Gasteiger partial charge is 0.327 e. The molecule has 0 bridgehead atoms. The summed E-state index contributed by atoms with van der Waals surface area (Å²) in [5, 5.41) is 0. The van der Waals surface area contributed by atoms with Gasteiger partial charge >= 0.3 is 6.03 Å². The molecule has 2 aromatic heterocycles. The lowest BCUT2D eigenvalue weighted by Gasteiger charge is -2.41. The topological polar surface area (TPSA) is 69.9 Å². The third-order valence-electron chi connectivity index (χ3n) is 7.21. The summed E-state index contributed by atoms with van der Waals surface area (Å²) in [7, 11) is 1.79. The third kappa shape index (κ3) is 4.44. The predicted octanol–water partition coefficient (Wildman–Crippen LogP) is 3.84. The van der Waals surface area contributed by atoms with E-state index >= 15 is 0 Å². The number of carbonyl (C=O) groups is 2. The zero-order valence-electron chi connectivity index (χ0n) is 19.4. The first-order valence-electron chi connectivity index (χ1n) is 11.7. The van der Waals surface area contributed by atoms with E-state index in [1.807, 2.05) is 25.1 Å². The fourth-order valence-corrected chi connectivity index (χ4v) is 4.97. The molecule has 32 heavy (non-hydrogen) atoms. The summed E-state index contributed by atoms with van der Waals surface area (Å²) in [6, 6.07) is 7.87. The van der Waals surface area contributed by atoms with Gasteiger partial charge in [0.05, 0.1) is 0 Å². The van der Waals surface area contributed by atoms with E-state index in [2.05, 4.69) is 22.9 Å². The van der Waals surface area contributed by atoms with Gasteiger partial charge in [0, 0.05) is 45.0 Å². The van der Waals surface area contributed by atoms with E-state index in [9.17, 15) is 9.59 Å². The molecule has 7 nitrogen and oxygen atoms in total. The Morgan fingerprint density at radius 2 is 1.81 bits per heavy atom. The Morgan fingerprint density at radius 3 is 2.47 bits per heavy atom. The first-order chi connectivity index (χ1) is 15.4. The molecule has 1 unspecified atom stereocenters. The number of carbonyl (C=O) groups excluding carboxylic acids is 2. The molecule has 0 aliphatic carbocycles. The molecule has 0 aromatic carbocycles. The van der Waals surface area contributed by atoms with Gasteiger partial charge in [-0.15, -0.1) is 0 Å². The van der Waals surface area contributed by atoms with Crippen LogP contribution in [0.1, 0.15) is 55.6 Å². The van der Waals surface area contributed by atoms with Crippen LogP contribution in [-0.4, -0.2) is 70.4 Å². The molecule has 2 aliphatic heterocycles. The highest BCUT2D eigenvalue weighted by Crippen LogP contribution is 2.36. The van der Waals surface area contributed by atoms with Gasteiger partial charge in [0.25, 0.3) is 5.91 Å². The number of urea groups is 1. The Labute approximate surface area is 190 Å². The van der Waals surface area contributed by atoms with Crippen molar-refractivity contribution < 1.29 is 14.0 Å². The Hall–Kier alpha value is -2.67. The van der Waals surface area contributed by atoms with Crippen molar-refractivity contribution in [2.24, 2.45) is 0 Å². The van der Waals surface area contributed by atoms with Crippen molar-refractivity contribution in [3.05, 3.63) is 53.7 Å². The molecule has 1 atom stereocenters. The number of nitrogens with zero attached hydrogens (tertiary/aromatic N) is 4. The van der Waals surface area contributed by atoms with Crippen LogP contribution in [0.4, 0.5) is 4.79 Å². The molecule has 1 spiro atoms. The van der Waals surface area contributed by atoms with Crippen LogP contribution in [0.3, 0.4) is 0 Å². The van der Waals surface area contributed by atoms with Crippen molar-refractivity contribution in [2.45, 2.75) is 57.4 Å². The standard InChI is InChI=1S/C25H34N4O3/c1-19(22-7-6-20(2)32-22)10-16-28-17-11-25(12-18-28)23(30)29(24(31)27(25)3)15-4-5-21-8-13-26-14-9-21/h6-9,13-14,19H,4-5,10-12,15-18H2,1-3H3. The number of furan rings is 1. The third-order valence-corrected chi connectivity index (χ3v) is 7.21. The van der Waals surface area contributed by atoms with Gasteiger partial charge in [0.15, 0.2) is 0 Å². The summed E-state index contributed by atoms with van der Waals surface area (Å²) in [6.45, 7) is 7.27. The molecule has 7 heteroatoms. The van der Waals surface area contributed by atoms with E-state index in [1.165, 1.54) is 10.5 Å². The molecular formula is C25H34N4O3. The first-order valence-corrected chi connectivity index (χ1v) is 11.7.